The summed E-state index contributed by atoms with van der Waals surface area (Å²) in [6, 6.07) is 0.676. The molecule has 2 heteroatoms. The van der Waals surface area contributed by atoms with Gasteiger partial charge in [-0.3, -0.25) is 0 Å². The monoisotopic (exact) mass is 254 g/mol. The van der Waals surface area contributed by atoms with Crippen LogP contribution in [0.15, 0.2) is 0 Å². The summed E-state index contributed by atoms with van der Waals surface area (Å²) in [7, 11) is 4.52. The lowest BCUT2D eigenvalue weighted by atomic mass is 9.80. The molecule has 1 unspecified atom stereocenters. The van der Waals surface area contributed by atoms with Gasteiger partial charge in [-0.1, -0.05) is 45.4 Å². The summed E-state index contributed by atoms with van der Waals surface area (Å²) in [4.78, 5) is 2.47. The van der Waals surface area contributed by atoms with Crippen LogP contribution in [-0.4, -0.2) is 37.1 Å². The van der Waals surface area contributed by atoms with Crippen molar-refractivity contribution in [2.24, 2.45) is 0 Å². The largest absolute Gasteiger partial charge is 0.312 e. The molecule has 1 fully saturated rings. The minimum Gasteiger partial charge on any atom is -0.312 e. The minimum atomic E-state index is 0.428. The maximum atomic E-state index is 3.79. The fourth-order valence-electron chi connectivity index (χ4n) is 3.16. The molecule has 0 amide bonds. The maximum Gasteiger partial charge on any atom is 0.0327 e. The second-order valence-electron chi connectivity index (χ2n) is 6.46. The number of rotatable bonds is 8. The summed E-state index contributed by atoms with van der Waals surface area (Å²) in [6.07, 6.45) is 12.4. The van der Waals surface area contributed by atoms with Crippen molar-refractivity contribution in [2.45, 2.75) is 83.2 Å². The van der Waals surface area contributed by atoms with Crippen molar-refractivity contribution in [1.29, 1.82) is 0 Å². The van der Waals surface area contributed by atoms with Crippen molar-refractivity contribution in [3.05, 3.63) is 0 Å². The molecule has 1 atom stereocenters. The lowest BCUT2D eigenvalue weighted by Crippen LogP contribution is -2.54. The molecular weight excluding hydrogens is 220 g/mol. The maximum absolute atomic E-state index is 3.79. The van der Waals surface area contributed by atoms with Gasteiger partial charge in [-0.25, -0.2) is 0 Å². The molecule has 0 bridgehead atoms. The van der Waals surface area contributed by atoms with Crippen molar-refractivity contribution < 1.29 is 0 Å². The van der Waals surface area contributed by atoms with Crippen molar-refractivity contribution in [1.82, 2.24) is 10.2 Å². The van der Waals surface area contributed by atoms with Gasteiger partial charge in [0.25, 0.3) is 0 Å². The fraction of sp³-hybridized carbons (Fsp3) is 1.00. The van der Waals surface area contributed by atoms with Gasteiger partial charge in [0.1, 0.15) is 0 Å². The number of unbranched alkanes of at least 4 members (excludes halogenated alkanes) is 2. The zero-order valence-electron chi connectivity index (χ0n) is 13.1. The molecule has 1 rings (SSSR count). The van der Waals surface area contributed by atoms with E-state index in [9.17, 15) is 0 Å². The standard InChI is InChI=1S/C16H34N2/c1-5-6-8-11-15(2)17-14-16(18(3)4)12-9-7-10-13-16/h15,17H,5-14H2,1-4H3. The highest BCUT2D eigenvalue weighted by Crippen LogP contribution is 2.31. The topological polar surface area (TPSA) is 15.3 Å². The van der Waals surface area contributed by atoms with Crippen molar-refractivity contribution in [3.8, 4) is 0 Å². The van der Waals surface area contributed by atoms with Crippen molar-refractivity contribution in [2.75, 3.05) is 20.6 Å². The van der Waals surface area contributed by atoms with Gasteiger partial charge >= 0.3 is 0 Å². The molecule has 0 radical (unpaired) electrons. The predicted octanol–water partition coefficient (Wildman–Crippen LogP) is 3.81. The van der Waals surface area contributed by atoms with Crippen LogP contribution in [0.5, 0.6) is 0 Å². The van der Waals surface area contributed by atoms with Gasteiger partial charge in [0.15, 0.2) is 0 Å². The Balaban J connectivity index is 2.33. The Kier molecular flexibility index (Phi) is 7.25. The number of hydrogen-bond donors (Lipinski definition) is 1. The highest BCUT2D eigenvalue weighted by Gasteiger charge is 2.33. The molecule has 1 N–H and O–H groups in total. The lowest BCUT2D eigenvalue weighted by Gasteiger charge is -2.44. The van der Waals surface area contributed by atoms with E-state index in [0.717, 1.165) is 0 Å². The summed E-state index contributed by atoms with van der Waals surface area (Å²) in [5.41, 5.74) is 0.428. The van der Waals surface area contributed by atoms with E-state index < -0.39 is 0 Å². The molecule has 2 nitrogen and oxygen atoms in total. The molecule has 18 heavy (non-hydrogen) atoms. The Bertz CT molecular complexity index is 207. The van der Waals surface area contributed by atoms with E-state index in [4.69, 9.17) is 0 Å². The van der Waals surface area contributed by atoms with E-state index >= 15 is 0 Å². The van der Waals surface area contributed by atoms with Crippen molar-refractivity contribution >= 4 is 0 Å². The van der Waals surface area contributed by atoms with Crippen LogP contribution in [0.1, 0.15) is 71.6 Å². The Morgan fingerprint density at radius 1 is 1.11 bits per heavy atom. The first-order valence-corrected chi connectivity index (χ1v) is 8.01. The number of hydrogen-bond acceptors (Lipinski definition) is 2. The molecule has 0 aromatic heterocycles. The van der Waals surface area contributed by atoms with Crippen LogP contribution < -0.4 is 5.32 Å². The third-order valence-corrected chi connectivity index (χ3v) is 4.75. The van der Waals surface area contributed by atoms with Crippen molar-refractivity contribution in [3.63, 3.8) is 0 Å². The van der Waals surface area contributed by atoms with Gasteiger partial charge in [-0.05, 0) is 40.3 Å². The summed E-state index contributed by atoms with van der Waals surface area (Å²) in [5.74, 6) is 0. The number of nitrogens with one attached hydrogen (secondary N) is 1. The number of nitrogens with zero attached hydrogens (tertiary/aromatic N) is 1. The highest BCUT2D eigenvalue weighted by molar-refractivity contribution is 4.93. The van der Waals surface area contributed by atoms with Gasteiger partial charge < -0.3 is 10.2 Å². The van der Waals surface area contributed by atoms with E-state index in [1.54, 1.807) is 0 Å². The van der Waals surface area contributed by atoms with Crippen LogP contribution >= 0.6 is 0 Å². The third kappa shape index (κ3) is 4.89. The first-order valence-electron chi connectivity index (χ1n) is 8.01. The molecule has 108 valence electrons. The Hall–Kier alpha value is -0.0800. The zero-order valence-corrected chi connectivity index (χ0v) is 13.1. The second-order valence-corrected chi connectivity index (χ2v) is 6.46. The summed E-state index contributed by atoms with van der Waals surface area (Å²) in [5, 5.41) is 3.79. The Morgan fingerprint density at radius 3 is 2.33 bits per heavy atom. The molecule has 0 aromatic carbocycles. The van der Waals surface area contributed by atoms with Gasteiger partial charge in [0.05, 0.1) is 0 Å². The second kappa shape index (κ2) is 8.16. The Labute approximate surface area is 115 Å². The summed E-state index contributed by atoms with van der Waals surface area (Å²) in [6.45, 7) is 5.80. The average Bonchev–Trinajstić information content (AvgIpc) is 2.37. The van der Waals surface area contributed by atoms with E-state index in [1.165, 1.54) is 64.3 Å². The highest BCUT2D eigenvalue weighted by atomic mass is 15.2. The zero-order chi connectivity index (χ0) is 13.4. The molecule has 0 aliphatic heterocycles. The van der Waals surface area contributed by atoms with Crippen LogP contribution in [0, 0.1) is 0 Å². The average molecular weight is 254 g/mol. The quantitative estimate of drug-likeness (QED) is 0.663. The van der Waals surface area contributed by atoms with Gasteiger partial charge in [-0.15, -0.1) is 0 Å². The van der Waals surface area contributed by atoms with E-state index in [-0.39, 0.29) is 0 Å². The molecule has 0 heterocycles. The molecule has 1 aliphatic carbocycles. The lowest BCUT2D eigenvalue weighted by molar-refractivity contribution is 0.0953. The molecule has 0 spiro atoms. The summed E-state index contributed by atoms with van der Waals surface area (Å²) < 4.78 is 0. The van der Waals surface area contributed by atoms with Crippen LogP contribution in [-0.2, 0) is 0 Å². The Morgan fingerprint density at radius 2 is 1.78 bits per heavy atom. The number of likely N-dealkylation sites (N-methyl/N-ethyl adjacent to an activating group) is 1. The molecule has 1 saturated carbocycles. The summed E-state index contributed by atoms with van der Waals surface area (Å²) >= 11 is 0. The fourth-order valence-corrected chi connectivity index (χ4v) is 3.16. The first-order chi connectivity index (χ1) is 8.60. The van der Waals surface area contributed by atoms with E-state index in [1.807, 2.05) is 0 Å². The third-order valence-electron chi connectivity index (χ3n) is 4.75. The van der Waals surface area contributed by atoms with Crippen LogP contribution in [0.3, 0.4) is 0 Å². The predicted molar refractivity (Wildman–Crippen MR) is 81.1 cm³/mol. The smallest absolute Gasteiger partial charge is 0.0327 e. The molecule has 0 aromatic rings. The first kappa shape index (κ1) is 16.0. The van der Waals surface area contributed by atoms with Gasteiger partial charge in [0, 0.05) is 18.1 Å². The molecule has 0 saturated heterocycles. The molecular formula is C16H34N2. The van der Waals surface area contributed by atoms with Crippen LogP contribution in [0.2, 0.25) is 0 Å². The SMILES string of the molecule is CCCCCC(C)NCC1(N(C)C)CCCCC1. The van der Waals surface area contributed by atoms with E-state index in [2.05, 4.69) is 38.2 Å². The minimum absolute atomic E-state index is 0.428. The van der Waals surface area contributed by atoms with Gasteiger partial charge in [0.2, 0.25) is 0 Å². The van der Waals surface area contributed by atoms with E-state index in [0.29, 0.717) is 11.6 Å². The molecule has 1 aliphatic rings. The van der Waals surface area contributed by atoms with Crippen LogP contribution in [0.4, 0.5) is 0 Å². The normalized spacial score (nSPS) is 21.2. The van der Waals surface area contributed by atoms with Crippen LogP contribution in [0.25, 0.3) is 0 Å². The van der Waals surface area contributed by atoms with Gasteiger partial charge in [-0.2, -0.15) is 0 Å².